The van der Waals surface area contributed by atoms with E-state index in [0.717, 1.165) is 12.8 Å². The molecular formula is C16H22NO2. The van der Waals surface area contributed by atoms with Crippen molar-refractivity contribution in [2.24, 2.45) is 0 Å². The molecule has 0 bridgehead atoms. The molecule has 0 N–H and O–H groups in total. The fourth-order valence-electron chi connectivity index (χ4n) is 2.88. The van der Waals surface area contributed by atoms with Gasteiger partial charge in [-0.15, -0.1) is 0 Å². The van der Waals surface area contributed by atoms with Crippen LogP contribution in [0.3, 0.4) is 0 Å². The number of ether oxygens (including phenoxy) is 1. The van der Waals surface area contributed by atoms with Crippen LogP contribution in [0.4, 0.5) is 4.79 Å². The molecule has 1 aliphatic rings. The van der Waals surface area contributed by atoms with Crippen molar-refractivity contribution in [3.63, 3.8) is 0 Å². The van der Waals surface area contributed by atoms with Gasteiger partial charge in [-0.2, -0.15) is 0 Å². The summed E-state index contributed by atoms with van der Waals surface area (Å²) >= 11 is 0. The van der Waals surface area contributed by atoms with Crippen molar-refractivity contribution in [1.82, 2.24) is 4.90 Å². The Labute approximate surface area is 115 Å². The van der Waals surface area contributed by atoms with Gasteiger partial charge in [0.1, 0.15) is 5.75 Å². The molecule has 1 amide bonds. The number of para-hydroxylation sites is 1. The van der Waals surface area contributed by atoms with Crippen molar-refractivity contribution in [3.05, 3.63) is 36.8 Å². The van der Waals surface area contributed by atoms with Crippen LogP contribution in [0.5, 0.6) is 5.75 Å². The number of carbonyl (C=O) groups is 1. The third-order valence-corrected chi connectivity index (χ3v) is 3.71. The maximum atomic E-state index is 12.5. The molecule has 0 aliphatic carbocycles. The van der Waals surface area contributed by atoms with Crippen LogP contribution in [0.2, 0.25) is 0 Å². The quantitative estimate of drug-likeness (QED) is 0.762. The molecule has 0 atom stereocenters. The first-order valence-electron chi connectivity index (χ1n) is 6.74. The average Bonchev–Trinajstić information content (AvgIpc) is 2.27. The van der Waals surface area contributed by atoms with E-state index in [1.807, 2.05) is 23.1 Å². The van der Waals surface area contributed by atoms with Crippen LogP contribution in [0, 0.1) is 6.42 Å². The van der Waals surface area contributed by atoms with Gasteiger partial charge in [0.2, 0.25) is 0 Å². The van der Waals surface area contributed by atoms with Gasteiger partial charge in [-0.3, -0.25) is 4.90 Å². The predicted molar refractivity (Wildman–Crippen MR) is 76.0 cm³/mol. The molecule has 3 nitrogen and oxygen atoms in total. The largest absolute Gasteiger partial charge is 0.416 e. The van der Waals surface area contributed by atoms with Crippen LogP contribution in [-0.2, 0) is 0 Å². The zero-order valence-electron chi connectivity index (χ0n) is 12.1. The molecule has 1 radical (unpaired) electrons. The monoisotopic (exact) mass is 260 g/mol. The van der Waals surface area contributed by atoms with Crippen LogP contribution >= 0.6 is 0 Å². The second-order valence-corrected chi connectivity index (χ2v) is 6.23. The minimum Gasteiger partial charge on any atom is -0.410 e. The summed E-state index contributed by atoms with van der Waals surface area (Å²) in [6, 6.07) is 9.22. The molecule has 1 heterocycles. The first-order chi connectivity index (χ1) is 8.83. The van der Waals surface area contributed by atoms with Crippen LogP contribution in [-0.4, -0.2) is 22.1 Å². The first-order valence-corrected chi connectivity index (χ1v) is 6.74. The summed E-state index contributed by atoms with van der Waals surface area (Å²) in [6.07, 6.45) is 3.89. The molecule has 3 heteroatoms. The van der Waals surface area contributed by atoms with Gasteiger partial charge in [0.25, 0.3) is 0 Å². The Balaban J connectivity index is 2.20. The van der Waals surface area contributed by atoms with E-state index in [9.17, 15) is 4.79 Å². The van der Waals surface area contributed by atoms with Gasteiger partial charge in [0.15, 0.2) is 0 Å². The summed E-state index contributed by atoms with van der Waals surface area (Å²) in [7, 11) is 0. The van der Waals surface area contributed by atoms with Crippen molar-refractivity contribution in [2.45, 2.75) is 51.6 Å². The van der Waals surface area contributed by atoms with E-state index >= 15 is 0 Å². The van der Waals surface area contributed by atoms with Crippen LogP contribution in [0.25, 0.3) is 0 Å². The highest BCUT2D eigenvalue weighted by molar-refractivity contribution is 5.73. The Morgan fingerprint density at radius 2 is 1.79 bits per heavy atom. The van der Waals surface area contributed by atoms with E-state index in [2.05, 4.69) is 34.1 Å². The number of amides is 1. The molecule has 0 saturated carbocycles. The topological polar surface area (TPSA) is 29.5 Å². The van der Waals surface area contributed by atoms with Crippen LogP contribution < -0.4 is 4.74 Å². The Morgan fingerprint density at radius 1 is 1.16 bits per heavy atom. The molecule has 0 unspecified atom stereocenters. The van der Waals surface area contributed by atoms with Gasteiger partial charge in [-0.05, 0) is 59.1 Å². The third kappa shape index (κ3) is 2.91. The lowest BCUT2D eigenvalue weighted by molar-refractivity contribution is 0.0194. The number of nitrogens with zero attached hydrogens (tertiary/aromatic N) is 1. The maximum absolute atomic E-state index is 12.5. The highest BCUT2D eigenvalue weighted by Crippen LogP contribution is 2.38. The number of rotatable bonds is 1. The summed E-state index contributed by atoms with van der Waals surface area (Å²) in [6.45, 7) is 8.29. The smallest absolute Gasteiger partial charge is 0.410 e. The predicted octanol–water partition coefficient (Wildman–Crippen LogP) is 4.04. The van der Waals surface area contributed by atoms with E-state index in [0.29, 0.717) is 5.75 Å². The van der Waals surface area contributed by atoms with Crippen LogP contribution in [0.15, 0.2) is 30.3 Å². The second kappa shape index (κ2) is 4.87. The van der Waals surface area contributed by atoms with E-state index < -0.39 is 0 Å². The summed E-state index contributed by atoms with van der Waals surface area (Å²) in [5.74, 6) is 0.588. The number of carbonyl (C=O) groups excluding carboxylic acids is 1. The summed E-state index contributed by atoms with van der Waals surface area (Å²) in [5.41, 5.74) is -0.474. The van der Waals surface area contributed by atoms with Crippen molar-refractivity contribution >= 4 is 6.09 Å². The Hall–Kier alpha value is -1.51. The lowest BCUT2D eigenvalue weighted by atomic mass is 9.80. The molecule has 1 aromatic rings. The van der Waals surface area contributed by atoms with E-state index in [-0.39, 0.29) is 17.2 Å². The van der Waals surface area contributed by atoms with Gasteiger partial charge in [-0.25, -0.2) is 4.79 Å². The van der Waals surface area contributed by atoms with Crippen molar-refractivity contribution in [3.8, 4) is 5.75 Å². The molecule has 19 heavy (non-hydrogen) atoms. The number of likely N-dealkylation sites (tertiary alicyclic amines) is 1. The highest BCUT2D eigenvalue weighted by atomic mass is 16.6. The second-order valence-electron chi connectivity index (χ2n) is 6.23. The summed E-state index contributed by atoms with van der Waals surface area (Å²) in [5, 5.41) is 0. The van der Waals surface area contributed by atoms with Gasteiger partial charge >= 0.3 is 6.09 Å². The first kappa shape index (κ1) is 13.9. The Kier molecular flexibility index (Phi) is 3.57. The lowest BCUT2D eigenvalue weighted by Gasteiger charge is -2.51. The van der Waals surface area contributed by atoms with Gasteiger partial charge in [-0.1, -0.05) is 18.2 Å². The molecule has 103 valence electrons. The van der Waals surface area contributed by atoms with E-state index in [1.165, 1.54) is 0 Å². The molecule has 0 aromatic heterocycles. The molecule has 1 aromatic carbocycles. The molecule has 1 fully saturated rings. The van der Waals surface area contributed by atoms with Gasteiger partial charge in [0, 0.05) is 11.1 Å². The van der Waals surface area contributed by atoms with Crippen molar-refractivity contribution in [1.29, 1.82) is 0 Å². The normalized spacial score (nSPS) is 20.9. The molecule has 1 aliphatic heterocycles. The van der Waals surface area contributed by atoms with Crippen molar-refractivity contribution < 1.29 is 9.53 Å². The minimum absolute atomic E-state index is 0.190. The zero-order chi connectivity index (χ0) is 14.1. The van der Waals surface area contributed by atoms with E-state index in [4.69, 9.17) is 4.74 Å². The number of hydrogen-bond donors (Lipinski definition) is 0. The summed E-state index contributed by atoms with van der Waals surface area (Å²) < 4.78 is 5.49. The number of hydrogen-bond acceptors (Lipinski definition) is 2. The van der Waals surface area contributed by atoms with Crippen molar-refractivity contribution in [2.75, 3.05) is 0 Å². The molecular weight excluding hydrogens is 238 g/mol. The molecule has 1 saturated heterocycles. The fraction of sp³-hybridized carbons (Fsp3) is 0.500. The minimum atomic E-state index is -0.284. The zero-order valence-corrected chi connectivity index (χ0v) is 12.1. The third-order valence-electron chi connectivity index (χ3n) is 3.71. The molecule has 2 rings (SSSR count). The van der Waals surface area contributed by atoms with Gasteiger partial charge in [0.05, 0.1) is 0 Å². The molecule has 0 spiro atoms. The van der Waals surface area contributed by atoms with E-state index in [1.54, 1.807) is 12.1 Å². The standard InChI is InChI=1S/C16H22NO2/c1-15(2)11-8-12-16(3,4)17(15)14(18)19-13-9-6-5-7-10-13/h5-7,9-11H,8,12H2,1-4H3. The average molecular weight is 260 g/mol. The van der Waals surface area contributed by atoms with Gasteiger partial charge < -0.3 is 4.74 Å². The fourth-order valence-corrected chi connectivity index (χ4v) is 2.88. The highest BCUT2D eigenvalue weighted by Gasteiger charge is 2.45. The van der Waals surface area contributed by atoms with Crippen LogP contribution in [0.1, 0.15) is 40.5 Å². The SMILES string of the molecule is CC1(C)[CH]CCC(C)(C)N1C(=O)Oc1ccccc1. The Morgan fingerprint density at radius 3 is 2.37 bits per heavy atom. The maximum Gasteiger partial charge on any atom is 0.416 e. The summed E-state index contributed by atoms with van der Waals surface area (Å²) in [4.78, 5) is 14.3. The Bertz CT molecular complexity index is 435. The number of piperidine rings is 1. The lowest BCUT2D eigenvalue weighted by Crippen LogP contribution is -2.62. The number of benzene rings is 1.